The molecule has 0 aliphatic carbocycles. The molecule has 3 nitrogen and oxygen atoms in total. The topological polar surface area (TPSA) is 42.1 Å². The number of para-hydroxylation sites is 1. The fourth-order valence-corrected chi connectivity index (χ4v) is 2.56. The van der Waals surface area contributed by atoms with Gasteiger partial charge >= 0.3 is 0 Å². The quantitative estimate of drug-likeness (QED) is 0.876. The number of pyridine rings is 1. The molecular weight excluding hydrogens is 258 g/mol. The van der Waals surface area contributed by atoms with E-state index >= 15 is 0 Å². The van der Waals surface area contributed by atoms with Gasteiger partial charge < -0.3 is 10.6 Å². The number of rotatable bonds is 6. The van der Waals surface area contributed by atoms with Gasteiger partial charge in [-0.15, -0.1) is 0 Å². The highest BCUT2D eigenvalue weighted by atomic mass is 15.1. The molecule has 2 rings (SSSR count). The van der Waals surface area contributed by atoms with Crippen LogP contribution in [0, 0.1) is 6.92 Å². The lowest BCUT2D eigenvalue weighted by Gasteiger charge is -2.27. The van der Waals surface area contributed by atoms with Crippen molar-refractivity contribution in [1.82, 2.24) is 4.98 Å². The monoisotopic (exact) mass is 283 g/mol. The smallest absolute Gasteiger partial charge is 0.0602 e. The fourth-order valence-electron chi connectivity index (χ4n) is 2.56. The zero-order valence-electron chi connectivity index (χ0n) is 13.2. The van der Waals surface area contributed by atoms with Crippen molar-refractivity contribution in [2.24, 2.45) is 5.73 Å². The zero-order chi connectivity index (χ0) is 15.2. The van der Waals surface area contributed by atoms with E-state index in [1.165, 1.54) is 11.3 Å². The third-order valence-corrected chi connectivity index (χ3v) is 3.80. The van der Waals surface area contributed by atoms with E-state index in [4.69, 9.17) is 5.73 Å². The van der Waals surface area contributed by atoms with Crippen molar-refractivity contribution in [3.8, 4) is 0 Å². The van der Waals surface area contributed by atoms with Crippen molar-refractivity contribution in [2.75, 3.05) is 11.4 Å². The van der Waals surface area contributed by atoms with E-state index in [1.54, 1.807) is 0 Å². The molecule has 1 heterocycles. The minimum absolute atomic E-state index is 0.0840. The van der Waals surface area contributed by atoms with Gasteiger partial charge in [-0.3, -0.25) is 4.98 Å². The van der Waals surface area contributed by atoms with Gasteiger partial charge in [0, 0.05) is 24.0 Å². The Balaban J connectivity index is 2.29. The van der Waals surface area contributed by atoms with Crippen LogP contribution in [0.25, 0.3) is 0 Å². The molecular formula is C18H25N3. The summed E-state index contributed by atoms with van der Waals surface area (Å²) in [6.45, 7) is 8.07. The van der Waals surface area contributed by atoms with E-state index < -0.39 is 0 Å². The summed E-state index contributed by atoms with van der Waals surface area (Å²) >= 11 is 0. The highest BCUT2D eigenvalue weighted by Crippen LogP contribution is 2.27. The van der Waals surface area contributed by atoms with E-state index in [1.807, 2.05) is 13.0 Å². The molecule has 0 saturated carbocycles. The SMILES string of the molecule is CC[C@@H](N)c1ccccc1N(CC)Cc1cccc(C)n1. The minimum Gasteiger partial charge on any atom is -0.366 e. The first-order valence-electron chi connectivity index (χ1n) is 7.67. The highest BCUT2D eigenvalue weighted by molar-refractivity contribution is 5.55. The van der Waals surface area contributed by atoms with Crippen molar-refractivity contribution in [1.29, 1.82) is 0 Å². The molecule has 0 radical (unpaired) electrons. The van der Waals surface area contributed by atoms with Crippen LogP contribution in [0.2, 0.25) is 0 Å². The van der Waals surface area contributed by atoms with Crippen LogP contribution < -0.4 is 10.6 Å². The fraction of sp³-hybridized carbons (Fsp3) is 0.389. The molecule has 0 fully saturated rings. The van der Waals surface area contributed by atoms with Crippen LogP contribution in [-0.4, -0.2) is 11.5 Å². The predicted molar refractivity (Wildman–Crippen MR) is 89.4 cm³/mol. The Bertz CT molecular complexity index is 580. The van der Waals surface area contributed by atoms with Crippen molar-refractivity contribution in [3.05, 3.63) is 59.4 Å². The molecule has 2 aromatic rings. The third kappa shape index (κ3) is 3.82. The first-order chi connectivity index (χ1) is 10.2. The number of anilines is 1. The largest absolute Gasteiger partial charge is 0.366 e. The molecule has 0 saturated heterocycles. The molecule has 3 heteroatoms. The zero-order valence-corrected chi connectivity index (χ0v) is 13.2. The van der Waals surface area contributed by atoms with Crippen LogP contribution >= 0.6 is 0 Å². The predicted octanol–water partition coefficient (Wildman–Crippen LogP) is 3.83. The average molecular weight is 283 g/mol. The maximum atomic E-state index is 6.26. The molecule has 1 aromatic carbocycles. The molecule has 0 amide bonds. The Labute approximate surface area is 127 Å². The molecule has 0 unspecified atom stereocenters. The minimum atomic E-state index is 0.0840. The van der Waals surface area contributed by atoms with Crippen molar-refractivity contribution < 1.29 is 0 Å². The van der Waals surface area contributed by atoms with E-state index in [-0.39, 0.29) is 6.04 Å². The highest BCUT2D eigenvalue weighted by Gasteiger charge is 2.14. The average Bonchev–Trinajstić information content (AvgIpc) is 2.52. The summed E-state index contributed by atoms with van der Waals surface area (Å²) in [4.78, 5) is 6.95. The molecule has 2 N–H and O–H groups in total. The second kappa shape index (κ2) is 7.23. The number of aryl methyl sites for hydroxylation is 1. The van der Waals surface area contributed by atoms with Gasteiger partial charge in [-0.2, -0.15) is 0 Å². The van der Waals surface area contributed by atoms with Crippen LogP contribution in [-0.2, 0) is 6.54 Å². The summed E-state index contributed by atoms with van der Waals surface area (Å²) < 4.78 is 0. The van der Waals surface area contributed by atoms with Crippen LogP contribution in [0.4, 0.5) is 5.69 Å². The van der Waals surface area contributed by atoms with Crippen LogP contribution in [0.5, 0.6) is 0 Å². The number of hydrogen-bond donors (Lipinski definition) is 1. The van der Waals surface area contributed by atoms with Crippen LogP contribution in [0.1, 0.15) is 43.3 Å². The van der Waals surface area contributed by atoms with Gasteiger partial charge in [0.25, 0.3) is 0 Å². The van der Waals surface area contributed by atoms with Gasteiger partial charge in [0.05, 0.1) is 12.2 Å². The van der Waals surface area contributed by atoms with Crippen molar-refractivity contribution in [3.63, 3.8) is 0 Å². The van der Waals surface area contributed by atoms with Gasteiger partial charge in [0.1, 0.15) is 0 Å². The molecule has 0 bridgehead atoms. The lowest BCUT2D eigenvalue weighted by Crippen LogP contribution is -2.25. The molecule has 0 spiro atoms. The Morgan fingerprint density at radius 2 is 1.86 bits per heavy atom. The van der Waals surface area contributed by atoms with Crippen molar-refractivity contribution in [2.45, 2.75) is 39.8 Å². The van der Waals surface area contributed by atoms with Gasteiger partial charge in [0.2, 0.25) is 0 Å². The molecule has 0 aliphatic heterocycles. The summed E-state index contributed by atoms with van der Waals surface area (Å²) in [7, 11) is 0. The summed E-state index contributed by atoms with van der Waals surface area (Å²) in [5.41, 5.74) is 10.9. The second-order valence-corrected chi connectivity index (χ2v) is 5.36. The molecule has 112 valence electrons. The molecule has 21 heavy (non-hydrogen) atoms. The van der Waals surface area contributed by atoms with Gasteiger partial charge in [0.15, 0.2) is 0 Å². The summed E-state index contributed by atoms with van der Waals surface area (Å²) in [5, 5.41) is 0. The Morgan fingerprint density at radius 3 is 2.52 bits per heavy atom. The number of aromatic nitrogens is 1. The van der Waals surface area contributed by atoms with E-state index in [2.05, 4.69) is 60.1 Å². The van der Waals surface area contributed by atoms with E-state index in [0.29, 0.717) is 0 Å². The summed E-state index contributed by atoms with van der Waals surface area (Å²) in [5.74, 6) is 0. The normalized spacial score (nSPS) is 12.2. The van der Waals surface area contributed by atoms with E-state index in [0.717, 1.165) is 30.9 Å². The van der Waals surface area contributed by atoms with Gasteiger partial charge in [-0.25, -0.2) is 0 Å². The Hall–Kier alpha value is -1.87. The number of nitrogens with two attached hydrogens (primary N) is 1. The molecule has 1 atom stereocenters. The Morgan fingerprint density at radius 1 is 1.10 bits per heavy atom. The summed E-state index contributed by atoms with van der Waals surface area (Å²) in [6.07, 6.45) is 0.942. The number of nitrogens with zero attached hydrogens (tertiary/aromatic N) is 2. The lowest BCUT2D eigenvalue weighted by atomic mass is 10.0. The second-order valence-electron chi connectivity index (χ2n) is 5.36. The number of benzene rings is 1. The van der Waals surface area contributed by atoms with Crippen molar-refractivity contribution >= 4 is 5.69 Å². The Kier molecular flexibility index (Phi) is 5.34. The number of hydrogen-bond acceptors (Lipinski definition) is 3. The lowest BCUT2D eigenvalue weighted by molar-refractivity contribution is 0.688. The summed E-state index contributed by atoms with van der Waals surface area (Å²) in [6, 6.07) is 14.7. The van der Waals surface area contributed by atoms with Gasteiger partial charge in [-0.1, -0.05) is 31.2 Å². The van der Waals surface area contributed by atoms with Crippen LogP contribution in [0.15, 0.2) is 42.5 Å². The molecule has 0 aliphatic rings. The van der Waals surface area contributed by atoms with Crippen LogP contribution in [0.3, 0.4) is 0 Å². The first kappa shape index (κ1) is 15.5. The maximum absolute atomic E-state index is 6.26. The van der Waals surface area contributed by atoms with Gasteiger partial charge in [-0.05, 0) is 44.0 Å². The third-order valence-electron chi connectivity index (χ3n) is 3.80. The standard InChI is InChI=1S/C18H25N3/c1-4-17(19)16-11-6-7-12-18(16)21(5-2)13-15-10-8-9-14(3)20-15/h6-12,17H,4-5,13,19H2,1-3H3/t17-/m1/s1. The maximum Gasteiger partial charge on any atom is 0.0602 e. The first-order valence-corrected chi connectivity index (χ1v) is 7.67. The van der Waals surface area contributed by atoms with E-state index in [9.17, 15) is 0 Å². The molecule has 1 aromatic heterocycles.